The van der Waals surface area contributed by atoms with E-state index < -0.39 is 0 Å². The van der Waals surface area contributed by atoms with Gasteiger partial charge in [-0.1, -0.05) is 19.8 Å². The monoisotopic (exact) mass is 183 g/mol. The SMILES string of the molecule is CC1C(C)C2(O)CCCCC2N1C. The predicted octanol–water partition coefficient (Wildman–Crippen LogP) is 1.63. The summed E-state index contributed by atoms with van der Waals surface area (Å²) in [7, 11) is 2.16. The van der Waals surface area contributed by atoms with Crippen molar-refractivity contribution in [3.05, 3.63) is 0 Å². The fourth-order valence-corrected chi connectivity index (χ4v) is 3.30. The predicted molar refractivity (Wildman–Crippen MR) is 53.6 cm³/mol. The average molecular weight is 183 g/mol. The molecule has 0 radical (unpaired) electrons. The molecule has 0 amide bonds. The Balaban J connectivity index is 2.27. The molecule has 0 bridgehead atoms. The standard InChI is InChI=1S/C11H21NO/c1-8-9(2)12(3)10-6-4-5-7-11(8,10)13/h8-10,13H,4-7H2,1-3H3. The first-order valence-electron chi connectivity index (χ1n) is 5.51. The Morgan fingerprint density at radius 1 is 1.31 bits per heavy atom. The molecule has 4 unspecified atom stereocenters. The first kappa shape index (κ1) is 9.47. The van der Waals surface area contributed by atoms with E-state index in [1.54, 1.807) is 0 Å². The molecule has 0 spiro atoms. The minimum Gasteiger partial charge on any atom is -0.388 e. The maximum absolute atomic E-state index is 10.6. The van der Waals surface area contributed by atoms with Crippen LogP contribution in [-0.2, 0) is 0 Å². The molecule has 1 aliphatic heterocycles. The van der Waals surface area contributed by atoms with Crippen molar-refractivity contribution in [3.63, 3.8) is 0 Å². The number of fused-ring (bicyclic) bond motifs is 1. The lowest BCUT2D eigenvalue weighted by Gasteiger charge is -2.38. The van der Waals surface area contributed by atoms with Gasteiger partial charge in [-0.05, 0) is 26.8 Å². The van der Waals surface area contributed by atoms with Crippen molar-refractivity contribution in [2.75, 3.05) is 7.05 Å². The van der Waals surface area contributed by atoms with E-state index in [1.165, 1.54) is 19.3 Å². The Kier molecular flexibility index (Phi) is 2.16. The third kappa shape index (κ3) is 1.15. The Morgan fingerprint density at radius 3 is 2.62 bits per heavy atom. The highest BCUT2D eigenvalue weighted by molar-refractivity contribution is 5.07. The highest BCUT2D eigenvalue weighted by Crippen LogP contribution is 2.45. The molecule has 0 aromatic carbocycles. The van der Waals surface area contributed by atoms with Gasteiger partial charge in [-0.2, -0.15) is 0 Å². The number of aliphatic hydroxyl groups is 1. The van der Waals surface area contributed by atoms with Crippen molar-refractivity contribution in [1.82, 2.24) is 4.90 Å². The van der Waals surface area contributed by atoms with Crippen molar-refractivity contribution in [2.24, 2.45) is 5.92 Å². The second-order valence-corrected chi connectivity index (χ2v) is 4.95. The Hall–Kier alpha value is -0.0800. The summed E-state index contributed by atoms with van der Waals surface area (Å²) in [6.07, 6.45) is 4.68. The molecule has 0 aromatic heterocycles. The van der Waals surface area contributed by atoms with E-state index in [-0.39, 0.29) is 5.60 Å². The van der Waals surface area contributed by atoms with Gasteiger partial charge in [0, 0.05) is 18.0 Å². The quantitative estimate of drug-likeness (QED) is 0.617. The smallest absolute Gasteiger partial charge is 0.0842 e. The van der Waals surface area contributed by atoms with Crippen molar-refractivity contribution in [2.45, 2.75) is 57.2 Å². The molecular formula is C11H21NO. The number of nitrogens with zero attached hydrogens (tertiary/aromatic N) is 1. The maximum Gasteiger partial charge on any atom is 0.0842 e. The van der Waals surface area contributed by atoms with Crippen molar-refractivity contribution >= 4 is 0 Å². The Bertz CT molecular complexity index is 206. The fraction of sp³-hybridized carbons (Fsp3) is 1.00. The minimum atomic E-state index is -0.383. The molecule has 4 atom stereocenters. The van der Waals surface area contributed by atoms with Crippen molar-refractivity contribution in [1.29, 1.82) is 0 Å². The third-order valence-electron chi connectivity index (χ3n) is 4.53. The fourth-order valence-electron chi connectivity index (χ4n) is 3.30. The molecule has 76 valence electrons. The molecule has 1 heterocycles. The first-order chi connectivity index (χ1) is 6.07. The molecular weight excluding hydrogens is 162 g/mol. The summed E-state index contributed by atoms with van der Waals surface area (Å²) in [4.78, 5) is 2.38. The van der Waals surface area contributed by atoms with Gasteiger partial charge in [0.15, 0.2) is 0 Å². The van der Waals surface area contributed by atoms with Crippen LogP contribution in [0.3, 0.4) is 0 Å². The van der Waals surface area contributed by atoms with Gasteiger partial charge < -0.3 is 5.11 Å². The second-order valence-electron chi connectivity index (χ2n) is 4.95. The van der Waals surface area contributed by atoms with Gasteiger partial charge in [-0.3, -0.25) is 4.90 Å². The maximum atomic E-state index is 10.6. The van der Waals surface area contributed by atoms with Crippen LogP contribution >= 0.6 is 0 Å². The summed E-state index contributed by atoms with van der Waals surface area (Å²) in [5, 5.41) is 10.6. The van der Waals surface area contributed by atoms with Gasteiger partial charge >= 0.3 is 0 Å². The van der Waals surface area contributed by atoms with Crippen LogP contribution in [-0.4, -0.2) is 34.7 Å². The molecule has 2 nitrogen and oxygen atoms in total. The summed E-state index contributed by atoms with van der Waals surface area (Å²) in [5.74, 6) is 0.433. The number of rotatable bonds is 0. The van der Waals surface area contributed by atoms with E-state index in [0.29, 0.717) is 18.0 Å². The zero-order chi connectivity index (χ0) is 9.64. The first-order valence-corrected chi connectivity index (χ1v) is 5.51. The Morgan fingerprint density at radius 2 is 2.00 bits per heavy atom. The molecule has 1 saturated heterocycles. The van der Waals surface area contributed by atoms with E-state index in [9.17, 15) is 5.11 Å². The van der Waals surface area contributed by atoms with Crippen LogP contribution in [0.25, 0.3) is 0 Å². The summed E-state index contributed by atoms with van der Waals surface area (Å²) in [5.41, 5.74) is -0.383. The molecule has 2 heteroatoms. The van der Waals surface area contributed by atoms with E-state index in [0.717, 1.165) is 6.42 Å². The van der Waals surface area contributed by atoms with Gasteiger partial charge in [-0.25, -0.2) is 0 Å². The molecule has 1 N–H and O–H groups in total. The zero-order valence-corrected chi connectivity index (χ0v) is 8.95. The summed E-state index contributed by atoms with van der Waals surface area (Å²) in [6.45, 7) is 4.44. The van der Waals surface area contributed by atoms with Crippen LogP contribution in [0.5, 0.6) is 0 Å². The van der Waals surface area contributed by atoms with E-state index in [4.69, 9.17) is 0 Å². The topological polar surface area (TPSA) is 23.5 Å². The van der Waals surface area contributed by atoms with Crippen LogP contribution in [0.15, 0.2) is 0 Å². The van der Waals surface area contributed by atoms with E-state index in [1.807, 2.05) is 0 Å². The molecule has 0 aromatic rings. The second kappa shape index (κ2) is 2.96. The van der Waals surface area contributed by atoms with Crippen LogP contribution < -0.4 is 0 Å². The molecule has 13 heavy (non-hydrogen) atoms. The molecule has 2 aliphatic rings. The molecule has 2 rings (SSSR count). The lowest BCUT2D eigenvalue weighted by molar-refractivity contribution is -0.0452. The lowest BCUT2D eigenvalue weighted by atomic mass is 9.75. The van der Waals surface area contributed by atoms with Gasteiger partial charge in [0.25, 0.3) is 0 Å². The van der Waals surface area contributed by atoms with Gasteiger partial charge in [0.05, 0.1) is 5.60 Å². The van der Waals surface area contributed by atoms with Crippen molar-refractivity contribution in [3.8, 4) is 0 Å². The number of likely N-dealkylation sites (tertiary alicyclic amines) is 1. The van der Waals surface area contributed by atoms with Gasteiger partial charge in [-0.15, -0.1) is 0 Å². The normalized spacial score (nSPS) is 52.2. The number of likely N-dealkylation sites (N-methyl/N-ethyl adjacent to an activating group) is 1. The largest absolute Gasteiger partial charge is 0.388 e. The molecule has 1 aliphatic carbocycles. The highest BCUT2D eigenvalue weighted by atomic mass is 16.3. The minimum absolute atomic E-state index is 0.383. The summed E-state index contributed by atoms with van der Waals surface area (Å²) in [6, 6.07) is 0.958. The van der Waals surface area contributed by atoms with Crippen LogP contribution in [0.1, 0.15) is 39.5 Å². The van der Waals surface area contributed by atoms with Crippen LogP contribution in [0, 0.1) is 5.92 Å². The van der Waals surface area contributed by atoms with Gasteiger partial charge in [0.1, 0.15) is 0 Å². The average Bonchev–Trinajstić information content (AvgIpc) is 2.29. The summed E-state index contributed by atoms with van der Waals surface area (Å²) < 4.78 is 0. The third-order valence-corrected chi connectivity index (χ3v) is 4.53. The summed E-state index contributed by atoms with van der Waals surface area (Å²) >= 11 is 0. The van der Waals surface area contributed by atoms with Crippen LogP contribution in [0.4, 0.5) is 0 Å². The van der Waals surface area contributed by atoms with E-state index >= 15 is 0 Å². The molecule has 2 fully saturated rings. The van der Waals surface area contributed by atoms with Gasteiger partial charge in [0.2, 0.25) is 0 Å². The Labute approximate surface area is 80.9 Å². The number of hydrogen-bond donors (Lipinski definition) is 1. The lowest BCUT2D eigenvalue weighted by Crippen LogP contribution is -2.48. The van der Waals surface area contributed by atoms with E-state index in [2.05, 4.69) is 25.8 Å². The number of hydrogen-bond acceptors (Lipinski definition) is 2. The molecule has 1 saturated carbocycles. The zero-order valence-electron chi connectivity index (χ0n) is 8.95. The highest BCUT2D eigenvalue weighted by Gasteiger charge is 2.53. The van der Waals surface area contributed by atoms with Crippen LogP contribution in [0.2, 0.25) is 0 Å². The van der Waals surface area contributed by atoms with Crippen molar-refractivity contribution < 1.29 is 5.11 Å².